The summed E-state index contributed by atoms with van der Waals surface area (Å²) in [6.45, 7) is 1.28. The van der Waals surface area contributed by atoms with Crippen molar-refractivity contribution in [1.82, 2.24) is 4.90 Å². The van der Waals surface area contributed by atoms with Gasteiger partial charge in [-0.05, 0) is 35.1 Å². The summed E-state index contributed by atoms with van der Waals surface area (Å²) >= 11 is 0. The molecule has 0 radical (unpaired) electrons. The smallest absolute Gasteiger partial charge is 0.243 e. The molecule has 22 heavy (non-hydrogen) atoms. The van der Waals surface area contributed by atoms with Crippen molar-refractivity contribution in [2.75, 3.05) is 0 Å². The number of amides is 1. The maximum absolute atomic E-state index is 12.7. The van der Waals surface area contributed by atoms with Crippen LogP contribution in [-0.2, 0) is 17.9 Å². The van der Waals surface area contributed by atoms with Gasteiger partial charge in [-0.15, -0.1) is 12.4 Å². The summed E-state index contributed by atoms with van der Waals surface area (Å²) in [4.78, 5) is 14.6. The molecule has 0 spiro atoms. The van der Waals surface area contributed by atoms with E-state index in [-0.39, 0.29) is 18.3 Å². The second kappa shape index (κ2) is 5.41. The summed E-state index contributed by atoms with van der Waals surface area (Å²) in [6, 6.07) is 16.7. The highest BCUT2D eigenvalue weighted by atomic mass is 35.5. The largest absolute Gasteiger partial charge is 0.332 e. The first-order valence-corrected chi connectivity index (χ1v) is 7.42. The fourth-order valence-corrected chi connectivity index (χ4v) is 3.12. The quantitative estimate of drug-likeness (QED) is 0.879. The van der Waals surface area contributed by atoms with Crippen LogP contribution in [0.4, 0.5) is 0 Å². The third kappa shape index (κ3) is 2.40. The van der Waals surface area contributed by atoms with Gasteiger partial charge in [0.05, 0.1) is 5.54 Å². The molecule has 0 bridgehead atoms. The van der Waals surface area contributed by atoms with E-state index < -0.39 is 5.54 Å². The highest BCUT2D eigenvalue weighted by Crippen LogP contribution is 2.38. The minimum absolute atomic E-state index is 0. The Morgan fingerprint density at radius 3 is 1.82 bits per heavy atom. The molecular weight excluding hydrogens is 296 g/mol. The third-order valence-corrected chi connectivity index (χ3v) is 4.55. The molecule has 2 aliphatic rings. The summed E-state index contributed by atoms with van der Waals surface area (Å²) in [5, 5.41) is 0. The molecule has 3 nitrogen and oxygen atoms in total. The molecule has 4 heteroatoms. The lowest BCUT2D eigenvalue weighted by molar-refractivity contribution is -0.134. The molecule has 0 atom stereocenters. The van der Waals surface area contributed by atoms with Gasteiger partial charge in [-0.1, -0.05) is 48.5 Å². The standard InChI is InChI=1S/C18H18N2O.ClH/c19-18(9-10-18)17(21)20-11-13-5-1-3-7-15(13)16-8-4-2-6-14(16)12-20;/h1-8H,9-12,19H2;1H. The van der Waals surface area contributed by atoms with E-state index >= 15 is 0 Å². The number of benzene rings is 2. The Morgan fingerprint density at radius 2 is 1.36 bits per heavy atom. The first-order chi connectivity index (χ1) is 10.2. The Morgan fingerprint density at radius 1 is 0.909 bits per heavy atom. The highest BCUT2D eigenvalue weighted by molar-refractivity contribution is 5.89. The predicted molar refractivity (Wildman–Crippen MR) is 89.5 cm³/mol. The molecule has 1 saturated carbocycles. The maximum Gasteiger partial charge on any atom is 0.243 e. The fraction of sp³-hybridized carbons (Fsp3) is 0.278. The maximum atomic E-state index is 12.7. The van der Waals surface area contributed by atoms with Crippen molar-refractivity contribution in [1.29, 1.82) is 0 Å². The van der Waals surface area contributed by atoms with Gasteiger partial charge in [0.1, 0.15) is 0 Å². The monoisotopic (exact) mass is 314 g/mol. The Kier molecular flexibility index (Phi) is 3.71. The summed E-state index contributed by atoms with van der Waals surface area (Å²) in [6.07, 6.45) is 1.62. The van der Waals surface area contributed by atoms with Gasteiger partial charge in [0.2, 0.25) is 5.91 Å². The number of hydrogen-bond donors (Lipinski definition) is 1. The first-order valence-electron chi connectivity index (χ1n) is 7.42. The SMILES string of the molecule is Cl.NC1(C(=O)N2Cc3ccccc3-c3ccccc3C2)CC1. The second-order valence-electron chi connectivity index (χ2n) is 6.13. The van der Waals surface area contributed by atoms with Gasteiger partial charge in [-0.25, -0.2) is 0 Å². The van der Waals surface area contributed by atoms with Crippen molar-refractivity contribution >= 4 is 18.3 Å². The Hall–Kier alpha value is -1.84. The number of fused-ring (bicyclic) bond motifs is 3. The molecule has 0 saturated heterocycles. The van der Waals surface area contributed by atoms with Crippen LogP contribution in [0.1, 0.15) is 24.0 Å². The average molecular weight is 315 g/mol. The Bertz CT molecular complexity index is 677. The van der Waals surface area contributed by atoms with Gasteiger partial charge in [0.15, 0.2) is 0 Å². The van der Waals surface area contributed by atoms with Crippen LogP contribution in [0.2, 0.25) is 0 Å². The van der Waals surface area contributed by atoms with E-state index in [0.717, 1.165) is 12.8 Å². The molecule has 1 amide bonds. The summed E-state index contributed by atoms with van der Waals surface area (Å²) in [7, 11) is 0. The summed E-state index contributed by atoms with van der Waals surface area (Å²) in [5.74, 6) is 0.0917. The van der Waals surface area contributed by atoms with Crippen LogP contribution < -0.4 is 5.73 Å². The van der Waals surface area contributed by atoms with Gasteiger partial charge >= 0.3 is 0 Å². The van der Waals surface area contributed by atoms with E-state index in [1.165, 1.54) is 22.3 Å². The zero-order valence-corrected chi connectivity index (χ0v) is 13.1. The number of rotatable bonds is 1. The molecule has 1 heterocycles. The lowest BCUT2D eigenvalue weighted by Gasteiger charge is -2.24. The lowest BCUT2D eigenvalue weighted by atomic mass is 9.97. The van der Waals surface area contributed by atoms with Gasteiger partial charge < -0.3 is 10.6 Å². The van der Waals surface area contributed by atoms with Crippen LogP contribution in [0, 0.1) is 0 Å². The fourth-order valence-electron chi connectivity index (χ4n) is 3.12. The molecule has 1 fully saturated rings. The molecule has 1 aliphatic heterocycles. The van der Waals surface area contributed by atoms with Gasteiger partial charge in [0.25, 0.3) is 0 Å². The molecule has 114 valence electrons. The molecule has 4 rings (SSSR count). The average Bonchev–Trinajstić information content (AvgIpc) is 3.28. The molecule has 2 aromatic rings. The predicted octanol–water partition coefficient (Wildman–Crippen LogP) is 3.11. The van der Waals surface area contributed by atoms with Crippen LogP contribution in [0.25, 0.3) is 11.1 Å². The Balaban J connectivity index is 0.00000144. The number of nitrogens with two attached hydrogens (primary N) is 1. The van der Waals surface area contributed by atoms with Gasteiger partial charge in [-0.2, -0.15) is 0 Å². The number of carbonyl (C=O) groups excluding carboxylic acids is 1. The van der Waals surface area contributed by atoms with E-state index in [1.807, 2.05) is 17.0 Å². The zero-order valence-electron chi connectivity index (χ0n) is 12.3. The zero-order chi connectivity index (χ0) is 14.4. The summed E-state index contributed by atoms with van der Waals surface area (Å²) in [5.41, 5.74) is 10.4. The number of halogens is 1. The Labute approximate surface area is 136 Å². The minimum atomic E-state index is -0.603. The minimum Gasteiger partial charge on any atom is -0.332 e. The van der Waals surface area contributed by atoms with E-state index in [9.17, 15) is 4.79 Å². The molecule has 0 unspecified atom stereocenters. The molecule has 2 aromatic carbocycles. The second-order valence-corrected chi connectivity index (χ2v) is 6.13. The van der Waals surface area contributed by atoms with E-state index in [2.05, 4.69) is 36.4 Å². The molecule has 1 aliphatic carbocycles. The van der Waals surface area contributed by atoms with Crippen molar-refractivity contribution in [3.8, 4) is 11.1 Å². The van der Waals surface area contributed by atoms with Crippen molar-refractivity contribution < 1.29 is 4.79 Å². The summed E-state index contributed by atoms with van der Waals surface area (Å²) < 4.78 is 0. The van der Waals surface area contributed by atoms with E-state index in [4.69, 9.17) is 5.73 Å². The number of hydrogen-bond acceptors (Lipinski definition) is 2. The third-order valence-electron chi connectivity index (χ3n) is 4.55. The number of carbonyl (C=O) groups is 1. The highest BCUT2D eigenvalue weighted by Gasteiger charge is 2.48. The van der Waals surface area contributed by atoms with E-state index in [1.54, 1.807) is 0 Å². The normalized spacial score (nSPS) is 17.6. The van der Waals surface area contributed by atoms with Crippen LogP contribution in [0.15, 0.2) is 48.5 Å². The lowest BCUT2D eigenvalue weighted by Crippen LogP contribution is -2.44. The van der Waals surface area contributed by atoms with E-state index in [0.29, 0.717) is 13.1 Å². The van der Waals surface area contributed by atoms with Crippen molar-refractivity contribution in [3.05, 3.63) is 59.7 Å². The van der Waals surface area contributed by atoms with Crippen LogP contribution in [-0.4, -0.2) is 16.3 Å². The first kappa shape index (κ1) is 15.1. The molecular formula is C18H19ClN2O. The molecule has 0 aromatic heterocycles. The topological polar surface area (TPSA) is 46.3 Å². The van der Waals surface area contributed by atoms with Gasteiger partial charge in [-0.3, -0.25) is 4.79 Å². The van der Waals surface area contributed by atoms with Crippen LogP contribution in [0.5, 0.6) is 0 Å². The molecule has 2 N–H and O–H groups in total. The van der Waals surface area contributed by atoms with Crippen LogP contribution >= 0.6 is 12.4 Å². The number of nitrogens with zero attached hydrogens (tertiary/aromatic N) is 1. The van der Waals surface area contributed by atoms with Crippen molar-refractivity contribution in [3.63, 3.8) is 0 Å². The van der Waals surface area contributed by atoms with Gasteiger partial charge in [0, 0.05) is 13.1 Å². The van der Waals surface area contributed by atoms with Crippen molar-refractivity contribution in [2.45, 2.75) is 31.5 Å². The van der Waals surface area contributed by atoms with Crippen LogP contribution in [0.3, 0.4) is 0 Å². The van der Waals surface area contributed by atoms with Crippen molar-refractivity contribution in [2.24, 2.45) is 5.73 Å².